The van der Waals surface area contributed by atoms with Gasteiger partial charge in [0.05, 0.1) is 6.10 Å². The molecule has 1 aliphatic carbocycles. The summed E-state index contributed by atoms with van der Waals surface area (Å²) < 4.78 is 0. The first-order valence-corrected chi connectivity index (χ1v) is 5.27. The molecule has 0 saturated carbocycles. The molecule has 2 atom stereocenters. The maximum absolute atomic E-state index is 9.99. The Morgan fingerprint density at radius 1 is 1.43 bits per heavy atom. The molecular weight excluding hydrogens is 196 g/mol. The maximum atomic E-state index is 9.99. The zero-order valence-corrected chi connectivity index (χ0v) is 8.61. The molecule has 14 heavy (non-hydrogen) atoms. The van der Waals surface area contributed by atoms with Crippen molar-refractivity contribution in [2.75, 3.05) is 0 Å². The molecule has 0 bridgehead atoms. The molecule has 0 aromatic heterocycles. The van der Waals surface area contributed by atoms with Crippen LogP contribution in [0.15, 0.2) is 35.9 Å². The molecule has 2 unspecified atom stereocenters. The second-order valence-corrected chi connectivity index (χ2v) is 3.96. The smallest absolute Gasteiger partial charge is 0.0827 e. The summed E-state index contributed by atoms with van der Waals surface area (Å²) in [5.74, 6) is 0.294. The first kappa shape index (κ1) is 9.75. The number of aliphatic hydroxyl groups excluding tert-OH is 1. The van der Waals surface area contributed by atoms with Gasteiger partial charge in [0.25, 0.3) is 0 Å². The normalized spacial score (nSPS) is 25.6. The Bertz CT molecular complexity index is 346. The predicted molar refractivity (Wildman–Crippen MR) is 58.2 cm³/mol. The van der Waals surface area contributed by atoms with Crippen LogP contribution in [0, 0.1) is 5.92 Å². The number of hydrogen-bond donors (Lipinski definition) is 1. The number of aliphatic hydroxyl groups is 1. The Kier molecular flexibility index (Phi) is 2.90. The molecule has 2 rings (SSSR count). The van der Waals surface area contributed by atoms with Crippen LogP contribution in [0.2, 0.25) is 0 Å². The van der Waals surface area contributed by atoms with Crippen molar-refractivity contribution >= 4 is 11.6 Å². The lowest BCUT2D eigenvalue weighted by molar-refractivity contribution is 0.125. The molecule has 0 aliphatic heterocycles. The Balaban J connectivity index is 2.17. The van der Waals surface area contributed by atoms with E-state index in [1.165, 1.54) is 11.1 Å². The number of fused-ring (bicyclic) bond motifs is 1. The molecule has 0 saturated heterocycles. The Labute approximate surface area is 89.0 Å². The van der Waals surface area contributed by atoms with E-state index < -0.39 is 0 Å². The number of halogens is 1. The lowest BCUT2D eigenvalue weighted by Gasteiger charge is -2.11. The van der Waals surface area contributed by atoms with E-state index in [-0.39, 0.29) is 6.10 Å². The number of allylic oxidation sites excluding steroid dienone is 1. The van der Waals surface area contributed by atoms with Gasteiger partial charge in [-0.3, -0.25) is 0 Å². The van der Waals surface area contributed by atoms with Gasteiger partial charge in [-0.05, 0) is 29.9 Å². The van der Waals surface area contributed by atoms with Crippen LogP contribution in [0.4, 0.5) is 0 Å². The van der Waals surface area contributed by atoms with Crippen LogP contribution in [0.1, 0.15) is 23.7 Å². The molecule has 2 heteroatoms. The van der Waals surface area contributed by atoms with Gasteiger partial charge in [-0.1, -0.05) is 41.9 Å². The summed E-state index contributed by atoms with van der Waals surface area (Å²) in [5.41, 5.74) is 3.88. The summed E-state index contributed by atoms with van der Waals surface area (Å²) >= 11 is 5.48. The highest BCUT2D eigenvalue weighted by Gasteiger charge is 2.29. The van der Waals surface area contributed by atoms with Crippen LogP contribution in [0.5, 0.6) is 0 Å². The Hall–Kier alpha value is -0.790. The average Bonchev–Trinajstić information content (AvgIpc) is 2.54. The number of hydrogen-bond acceptors (Lipinski definition) is 1. The highest BCUT2D eigenvalue weighted by Crippen LogP contribution is 2.37. The molecular formula is C12H13ClO. The molecule has 74 valence electrons. The van der Waals surface area contributed by atoms with Crippen molar-refractivity contribution in [2.24, 2.45) is 5.92 Å². The maximum Gasteiger partial charge on any atom is 0.0827 e. The fourth-order valence-electron chi connectivity index (χ4n) is 2.10. The number of rotatable bonds is 2. The molecule has 0 amide bonds. The topological polar surface area (TPSA) is 20.2 Å². The van der Waals surface area contributed by atoms with Crippen LogP contribution < -0.4 is 0 Å². The largest absolute Gasteiger partial charge is 0.388 e. The first-order valence-electron chi connectivity index (χ1n) is 4.84. The molecule has 0 spiro atoms. The summed E-state index contributed by atoms with van der Waals surface area (Å²) in [7, 11) is 0. The molecule has 0 fully saturated rings. The highest BCUT2D eigenvalue weighted by atomic mass is 35.5. The predicted octanol–water partition coefficient (Wildman–Crippen LogP) is 3.03. The van der Waals surface area contributed by atoms with Crippen molar-refractivity contribution in [1.82, 2.24) is 0 Å². The van der Waals surface area contributed by atoms with Gasteiger partial charge in [-0.15, -0.1) is 0 Å². The minimum atomic E-state index is -0.320. The standard InChI is InChI=1S/C12H13ClO/c13-7-3-5-10-8-9-4-1-2-6-11(9)12(10)14/h1-4,6-7,10,12,14H,5,8H2/b7-3+. The van der Waals surface area contributed by atoms with Gasteiger partial charge >= 0.3 is 0 Å². The lowest BCUT2D eigenvalue weighted by atomic mass is 10.00. The van der Waals surface area contributed by atoms with Gasteiger partial charge < -0.3 is 5.11 Å². The molecule has 0 heterocycles. The van der Waals surface area contributed by atoms with E-state index in [2.05, 4.69) is 6.07 Å². The molecule has 1 aliphatic rings. The van der Waals surface area contributed by atoms with Gasteiger partial charge in [0, 0.05) is 5.54 Å². The molecule has 1 aromatic carbocycles. The van der Waals surface area contributed by atoms with Crippen molar-refractivity contribution in [2.45, 2.75) is 18.9 Å². The summed E-state index contributed by atoms with van der Waals surface area (Å²) in [5, 5.41) is 9.99. The van der Waals surface area contributed by atoms with E-state index in [0.29, 0.717) is 5.92 Å². The summed E-state index contributed by atoms with van der Waals surface area (Å²) in [6.45, 7) is 0. The van der Waals surface area contributed by atoms with Gasteiger partial charge in [0.2, 0.25) is 0 Å². The quantitative estimate of drug-likeness (QED) is 0.792. The monoisotopic (exact) mass is 208 g/mol. The van der Waals surface area contributed by atoms with Crippen molar-refractivity contribution in [1.29, 1.82) is 0 Å². The second kappa shape index (κ2) is 4.16. The molecule has 1 N–H and O–H groups in total. The van der Waals surface area contributed by atoms with Crippen molar-refractivity contribution in [3.63, 3.8) is 0 Å². The zero-order valence-electron chi connectivity index (χ0n) is 7.86. The second-order valence-electron chi connectivity index (χ2n) is 3.71. The van der Waals surface area contributed by atoms with Crippen LogP contribution >= 0.6 is 11.6 Å². The minimum absolute atomic E-state index is 0.294. The SMILES string of the molecule is OC1c2ccccc2CC1C/C=C/Cl. The van der Waals surface area contributed by atoms with Crippen LogP contribution in [0.25, 0.3) is 0 Å². The van der Waals surface area contributed by atoms with E-state index in [0.717, 1.165) is 18.4 Å². The Morgan fingerprint density at radius 2 is 2.21 bits per heavy atom. The van der Waals surface area contributed by atoms with Gasteiger partial charge in [-0.25, -0.2) is 0 Å². The summed E-state index contributed by atoms with van der Waals surface area (Å²) in [6, 6.07) is 8.08. The summed E-state index contributed by atoms with van der Waals surface area (Å²) in [4.78, 5) is 0. The van der Waals surface area contributed by atoms with Crippen LogP contribution in [-0.2, 0) is 6.42 Å². The first-order chi connectivity index (χ1) is 6.83. The van der Waals surface area contributed by atoms with Crippen LogP contribution in [0.3, 0.4) is 0 Å². The van der Waals surface area contributed by atoms with Crippen LogP contribution in [-0.4, -0.2) is 5.11 Å². The highest BCUT2D eigenvalue weighted by molar-refractivity contribution is 6.25. The van der Waals surface area contributed by atoms with E-state index in [4.69, 9.17) is 11.6 Å². The fourth-order valence-corrected chi connectivity index (χ4v) is 2.20. The van der Waals surface area contributed by atoms with E-state index in [1.54, 1.807) is 0 Å². The van der Waals surface area contributed by atoms with Crippen molar-refractivity contribution in [3.8, 4) is 0 Å². The third kappa shape index (κ3) is 1.70. The van der Waals surface area contributed by atoms with Gasteiger partial charge in [0.1, 0.15) is 0 Å². The molecule has 1 aromatic rings. The zero-order chi connectivity index (χ0) is 9.97. The van der Waals surface area contributed by atoms with E-state index >= 15 is 0 Å². The van der Waals surface area contributed by atoms with E-state index in [9.17, 15) is 5.11 Å². The van der Waals surface area contributed by atoms with Crippen molar-refractivity contribution < 1.29 is 5.11 Å². The van der Waals surface area contributed by atoms with Gasteiger partial charge in [0.15, 0.2) is 0 Å². The molecule has 0 radical (unpaired) electrons. The third-order valence-electron chi connectivity index (χ3n) is 2.83. The minimum Gasteiger partial charge on any atom is -0.388 e. The van der Waals surface area contributed by atoms with Crippen molar-refractivity contribution in [3.05, 3.63) is 47.0 Å². The van der Waals surface area contributed by atoms with E-state index in [1.807, 2.05) is 24.3 Å². The fraction of sp³-hybridized carbons (Fsp3) is 0.333. The number of benzene rings is 1. The summed E-state index contributed by atoms with van der Waals surface area (Å²) in [6.07, 6.45) is 3.39. The molecule has 1 nitrogen and oxygen atoms in total. The van der Waals surface area contributed by atoms with Gasteiger partial charge in [-0.2, -0.15) is 0 Å². The lowest BCUT2D eigenvalue weighted by Crippen LogP contribution is -2.05. The third-order valence-corrected chi connectivity index (χ3v) is 3.01. The average molecular weight is 209 g/mol. The Morgan fingerprint density at radius 3 is 2.93 bits per heavy atom.